The van der Waals surface area contributed by atoms with E-state index in [0.29, 0.717) is 55.9 Å². The predicted molar refractivity (Wildman–Crippen MR) is 247 cm³/mol. The van der Waals surface area contributed by atoms with Gasteiger partial charge in [-0.05, 0) is 106 Å². The van der Waals surface area contributed by atoms with Gasteiger partial charge >= 0.3 is 0 Å². The molecule has 2 aromatic heterocycles. The van der Waals surface area contributed by atoms with E-state index in [1.165, 1.54) is 23.3 Å². The molecule has 2 bridgehead atoms. The van der Waals surface area contributed by atoms with Crippen molar-refractivity contribution in [2.45, 2.75) is 115 Å². The van der Waals surface area contributed by atoms with E-state index in [9.17, 15) is 16.4 Å². The molecule has 6 aliphatic rings. The minimum Gasteiger partial charge on any atom is -0.497 e. The van der Waals surface area contributed by atoms with Crippen molar-refractivity contribution in [2.24, 2.45) is 0 Å². The van der Waals surface area contributed by atoms with Gasteiger partial charge in [-0.25, -0.2) is 0 Å². The maximum Gasteiger partial charge on any atom is 0.268 e. The first kappa shape index (κ1) is 24.4. The molecule has 4 heterocycles. The lowest BCUT2D eigenvalue weighted by Crippen LogP contribution is -2.58. The Hall–Kier alpha value is -4.94. The molecule has 4 aliphatic carbocycles. The van der Waals surface area contributed by atoms with E-state index in [-0.39, 0.29) is 129 Å². The van der Waals surface area contributed by atoms with E-state index in [0.717, 1.165) is 24.0 Å². The molecule has 7 aromatic rings. The van der Waals surface area contributed by atoms with Gasteiger partial charge in [0.05, 0.1) is 31.7 Å². The molecule has 4 nitrogen and oxygen atoms in total. The van der Waals surface area contributed by atoms with Crippen molar-refractivity contribution in [1.82, 2.24) is 0 Å². The Kier molecular flexibility index (Phi) is 4.64. The molecule has 6 heteroatoms. The summed E-state index contributed by atoms with van der Waals surface area (Å²) in [7, 11) is 1.31. The molecule has 2 aliphatic heterocycles. The fourth-order valence-electron chi connectivity index (χ4n) is 10.8. The number of ether oxygens (including phenoxy) is 2. The zero-order valence-corrected chi connectivity index (χ0v) is 35.8. The summed E-state index contributed by atoms with van der Waals surface area (Å²) >= 11 is 1.22. The Balaban J connectivity index is 1.30. The summed E-state index contributed by atoms with van der Waals surface area (Å²) in [5, 5.41) is 0.839. The maximum atomic E-state index is 10.8. The fraction of sp³-hybridized carbons (Fsp3) is 0.358. The van der Waals surface area contributed by atoms with Crippen molar-refractivity contribution in [3.8, 4) is 17.2 Å². The van der Waals surface area contributed by atoms with E-state index in [1.54, 1.807) is 20.8 Å². The van der Waals surface area contributed by atoms with Gasteiger partial charge in [-0.3, -0.25) is 0 Å². The van der Waals surface area contributed by atoms with Crippen LogP contribution in [0.15, 0.2) is 89.0 Å². The second kappa shape index (κ2) is 11.3. The summed E-state index contributed by atoms with van der Waals surface area (Å²) in [4.78, 5) is 1.33. The summed E-state index contributed by atoms with van der Waals surface area (Å²) in [5.41, 5.74) is -1.24. The molecule has 2 atom stereocenters. The Morgan fingerprint density at radius 2 is 1.47 bits per heavy atom. The first-order chi connectivity index (χ1) is 33.9. The van der Waals surface area contributed by atoms with Crippen LogP contribution in [0.5, 0.6) is 17.2 Å². The predicted octanol–water partition coefficient (Wildman–Crippen LogP) is 12.4. The lowest BCUT2D eigenvalue weighted by Gasteiger charge is -2.50. The maximum absolute atomic E-state index is 10.8. The minimum atomic E-state index is -1.14. The van der Waals surface area contributed by atoms with Crippen LogP contribution in [-0.2, 0) is 27.1 Å². The number of hydrogen-bond acceptors (Lipinski definition) is 5. The normalized spacial score (nSPS) is 25.9. The third-order valence-corrected chi connectivity index (χ3v) is 15.4. The van der Waals surface area contributed by atoms with Gasteiger partial charge in [0.25, 0.3) is 6.71 Å². The van der Waals surface area contributed by atoms with Gasteiger partial charge in [0.15, 0.2) is 0 Å². The Labute approximate surface area is 372 Å². The third-order valence-electron chi connectivity index (χ3n) is 14.3. The van der Waals surface area contributed by atoms with Crippen LogP contribution in [0, 0.1) is 0 Å². The third kappa shape index (κ3) is 4.51. The van der Waals surface area contributed by atoms with E-state index < -0.39 is 45.9 Å². The minimum absolute atomic E-state index is 0.0102. The molecular formula is C53H52BNO3S. The largest absolute Gasteiger partial charge is 0.497 e. The molecule has 0 spiro atoms. The molecule has 0 radical (unpaired) electrons. The highest BCUT2D eigenvalue weighted by molar-refractivity contribution is 7.33. The number of benzene rings is 5. The standard InChI is InChI=1S/C53H52BNO3S/c1-49(2,3)29-15-17-30(18-16-29)55-37-28-39-32(43-47(58-39)53(9)24-23-52(43,8)33-13-11-12-14-34(33)53)27-36(37)54-45-38(55)25-31(56-10)26-40(45)57-46-42-41(59-48(46)54)20-19-35-44(42)51(6,7)22-21-50(35,4)5/h11-20,25-28H,21-24H2,1-10H3/i11D,12D,13D,14D,15D,16D,17D,18D,19D,20D,25D,26D,27D,28D. The van der Waals surface area contributed by atoms with Crippen LogP contribution in [0.25, 0.3) is 21.1 Å². The summed E-state index contributed by atoms with van der Waals surface area (Å²) in [6.07, 6.45) is 2.38. The number of nitrogens with zero attached hydrogens (tertiary/aromatic N) is 1. The van der Waals surface area contributed by atoms with Gasteiger partial charge in [0.2, 0.25) is 0 Å². The van der Waals surface area contributed by atoms with Gasteiger partial charge in [0, 0.05) is 66.4 Å². The average Bonchev–Trinajstić information content (AvgIpc) is 3.93. The number of furan rings is 1. The monoisotopic (exact) mass is 807 g/mol. The van der Waals surface area contributed by atoms with Gasteiger partial charge in [-0.2, -0.15) is 0 Å². The molecule has 5 aromatic carbocycles. The lowest BCUT2D eigenvalue weighted by molar-refractivity contribution is 0.281. The summed E-state index contributed by atoms with van der Waals surface area (Å²) in [6.45, 7) is 16.4. The molecule has 0 saturated carbocycles. The van der Waals surface area contributed by atoms with Gasteiger partial charge in [-0.1, -0.05) is 104 Å². The highest BCUT2D eigenvalue weighted by atomic mass is 32.1. The Morgan fingerprint density at radius 3 is 2.20 bits per heavy atom. The smallest absolute Gasteiger partial charge is 0.268 e. The van der Waals surface area contributed by atoms with Crippen LogP contribution in [0.1, 0.15) is 146 Å². The van der Waals surface area contributed by atoms with E-state index >= 15 is 0 Å². The second-order valence-electron chi connectivity index (χ2n) is 19.9. The van der Waals surface area contributed by atoms with Crippen LogP contribution in [0.3, 0.4) is 0 Å². The topological polar surface area (TPSA) is 34.8 Å². The lowest BCUT2D eigenvalue weighted by atomic mass is 9.36. The molecule has 296 valence electrons. The van der Waals surface area contributed by atoms with Crippen molar-refractivity contribution in [3.05, 3.63) is 124 Å². The van der Waals surface area contributed by atoms with E-state index in [2.05, 4.69) is 27.7 Å². The number of anilines is 3. The van der Waals surface area contributed by atoms with Crippen LogP contribution < -0.4 is 30.1 Å². The Bertz CT molecular complexity index is 3790. The molecule has 13 rings (SSSR count). The number of thiophene rings is 1. The molecular weight excluding hydrogens is 741 g/mol. The highest BCUT2D eigenvalue weighted by Gasteiger charge is 2.55. The second-order valence-corrected chi connectivity index (χ2v) is 21.0. The van der Waals surface area contributed by atoms with Crippen molar-refractivity contribution < 1.29 is 33.1 Å². The van der Waals surface area contributed by atoms with E-state index in [1.807, 2.05) is 13.8 Å². The molecule has 0 fully saturated rings. The average molecular weight is 808 g/mol. The molecule has 0 N–H and O–H groups in total. The molecule has 0 amide bonds. The van der Waals surface area contributed by atoms with Gasteiger partial charge in [0.1, 0.15) is 28.6 Å². The first-order valence-corrected chi connectivity index (χ1v) is 21.4. The van der Waals surface area contributed by atoms with Crippen LogP contribution in [-0.4, -0.2) is 13.8 Å². The number of hydrogen-bond donors (Lipinski definition) is 0. The van der Waals surface area contributed by atoms with Crippen molar-refractivity contribution in [2.75, 3.05) is 12.0 Å². The van der Waals surface area contributed by atoms with Crippen LogP contribution in [0.4, 0.5) is 17.1 Å². The summed E-state index contributed by atoms with van der Waals surface area (Å²) in [6, 6.07) is -3.82. The number of methoxy groups -OCH3 is 1. The van der Waals surface area contributed by atoms with Crippen molar-refractivity contribution in [3.63, 3.8) is 0 Å². The van der Waals surface area contributed by atoms with E-state index in [4.69, 9.17) is 16.6 Å². The van der Waals surface area contributed by atoms with Crippen molar-refractivity contribution >= 4 is 71.9 Å². The van der Waals surface area contributed by atoms with Gasteiger partial charge < -0.3 is 18.8 Å². The summed E-state index contributed by atoms with van der Waals surface area (Å²) in [5.74, 6) is 0.384. The first-order valence-electron chi connectivity index (χ1n) is 27.5. The SMILES string of the molecule is [2H]c1c([2H])c([2H])c2c(c1[2H])C1(C)CCC2(C)c2c1oc1c([2H])c3c(c([2H])c21)B1c2sc4c([2H])c([2H])c5c(c4c2Oc2c([2H])c(OC)c([2H])c(c21)N3c1c([2H])c([2H])c(C(C)(C)C)c([2H])c1[2H])C(C)(C)CCC5(C)C. The highest BCUT2D eigenvalue weighted by Crippen LogP contribution is 2.62. The zero-order chi connectivity index (χ0) is 52.9. The zero-order valence-electron chi connectivity index (χ0n) is 49.0. The molecule has 59 heavy (non-hydrogen) atoms. The quantitative estimate of drug-likeness (QED) is 0.163. The number of rotatable bonds is 2. The van der Waals surface area contributed by atoms with Crippen LogP contribution >= 0.6 is 11.3 Å². The molecule has 0 saturated heterocycles. The Morgan fingerprint density at radius 1 is 0.763 bits per heavy atom. The fourth-order valence-corrected chi connectivity index (χ4v) is 12.0. The number of fused-ring (bicyclic) bond motifs is 10. The van der Waals surface area contributed by atoms with Crippen molar-refractivity contribution in [1.29, 1.82) is 0 Å². The van der Waals surface area contributed by atoms with Gasteiger partial charge in [-0.15, -0.1) is 11.3 Å². The molecule has 2 unspecified atom stereocenters. The van der Waals surface area contributed by atoms with Crippen LogP contribution in [0.2, 0.25) is 0 Å². The summed E-state index contributed by atoms with van der Waals surface area (Å²) < 4.78 is 156.